The van der Waals surface area contributed by atoms with Crippen LogP contribution in [0, 0.1) is 12.8 Å². The van der Waals surface area contributed by atoms with Gasteiger partial charge in [0, 0.05) is 16.1 Å². The second-order valence-electron chi connectivity index (χ2n) is 5.32. The highest BCUT2D eigenvalue weighted by Gasteiger charge is 2.27. The maximum atomic E-state index is 12.2. The monoisotopic (exact) mass is 339 g/mol. The highest BCUT2D eigenvalue weighted by Crippen LogP contribution is 2.25. The van der Waals surface area contributed by atoms with Crippen LogP contribution in [-0.2, 0) is 4.79 Å². The van der Waals surface area contributed by atoms with Gasteiger partial charge < -0.3 is 10.4 Å². The molecular weight excluding hydrogens is 322 g/mol. The molecule has 0 radical (unpaired) electrons. The van der Waals surface area contributed by atoms with E-state index in [0.717, 1.165) is 22.9 Å². The molecule has 0 aromatic heterocycles. The molecule has 4 nitrogen and oxygen atoms in total. The van der Waals surface area contributed by atoms with E-state index in [1.807, 2.05) is 19.1 Å². The molecule has 1 aliphatic carbocycles. The summed E-state index contributed by atoms with van der Waals surface area (Å²) in [7, 11) is 0. The Morgan fingerprint density at radius 3 is 2.45 bits per heavy atom. The van der Waals surface area contributed by atoms with E-state index in [9.17, 15) is 9.59 Å². The summed E-state index contributed by atoms with van der Waals surface area (Å²) >= 11 is 3.38. The fraction of sp³-hybridized carbons (Fsp3) is 0.467. The Balaban J connectivity index is 1.94. The minimum Gasteiger partial charge on any atom is -0.481 e. The quantitative estimate of drug-likeness (QED) is 0.888. The number of amides is 1. The average molecular weight is 340 g/mol. The van der Waals surface area contributed by atoms with E-state index in [0.29, 0.717) is 18.4 Å². The van der Waals surface area contributed by atoms with Crippen LogP contribution in [0.5, 0.6) is 0 Å². The van der Waals surface area contributed by atoms with Crippen LogP contribution in [0.4, 0.5) is 0 Å². The molecular formula is C15H18BrNO3. The molecule has 0 spiro atoms. The normalized spacial score (nSPS) is 22.3. The first-order valence-corrected chi connectivity index (χ1v) is 7.56. The van der Waals surface area contributed by atoms with Crippen molar-refractivity contribution in [2.75, 3.05) is 0 Å². The molecule has 0 unspecified atom stereocenters. The van der Waals surface area contributed by atoms with Gasteiger partial charge in [-0.15, -0.1) is 0 Å². The smallest absolute Gasteiger partial charge is 0.306 e. The number of hydrogen-bond acceptors (Lipinski definition) is 2. The van der Waals surface area contributed by atoms with Crippen LogP contribution in [0.15, 0.2) is 22.7 Å². The zero-order valence-electron chi connectivity index (χ0n) is 11.4. The Kier molecular flexibility index (Phi) is 4.81. The molecule has 0 saturated heterocycles. The zero-order chi connectivity index (χ0) is 14.7. The van der Waals surface area contributed by atoms with Gasteiger partial charge in [0.25, 0.3) is 5.91 Å². The summed E-state index contributed by atoms with van der Waals surface area (Å²) in [6.07, 6.45) is 2.75. The Bertz CT molecular complexity index is 522. The molecule has 0 atom stereocenters. The predicted molar refractivity (Wildman–Crippen MR) is 79.7 cm³/mol. The van der Waals surface area contributed by atoms with Gasteiger partial charge in [-0.3, -0.25) is 9.59 Å². The maximum Gasteiger partial charge on any atom is 0.306 e. The fourth-order valence-electron chi connectivity index (χ4n) is 2.63. The number of hydrogen-bond donors (Lipinski definition) is 2. The molecule has 1 aromatic rings. The topological polar surface area (TPSA) is 66.4 Å². The number of carboxylic acids is 1. The van der Waals surface area contributed by atoms with E-state index in [-0.39, 0.29) is 17.9 Å². The van der Waals surface area contributed by atoms with Gasteiger partial charge in [-0.05, 0) is 56.4 Å². The summed E-state index contributed by atoms with van der Waals surface area (Å²) in [6.45, 7) is 1.90. The number of aryl methyl sites for hydroxylation is 1. The number of halogens is 1. The molecule has 108 valence electrons. The van der Waals surface area contributed by atoms with Crippen LogP contribution in [-0.4, -0.2) is 23.0 Å². The summed E-state index contributed by atoms with van der Waals surface area (Å²) in [5.41, 5.74) is 1.60. The van der Waals surface area contributed by atoms with Crippen LogP contribution >= 0.6 is 15.9 Å². The lowest BCUT2D eigenvalue weighted by Gasteiger charge is -2.27. The van der Waals surface area contributed by atoms with Gasteiger partial charge in [0.2, 0.25) is 0 Å². The van der Waals surface area contributed by atoms with Gasteiger partial charge in [-0.2, -0.15) is 0 Å². The predicted octanol–water partition coefficient (Wildman–Crippen LogP) is 3.13. The lowest BCUT2D eigenvalue weighted by Crippen LogP contribution is -2.38. The second kappa shape index (κ2) is 6.39. The molecule has 0 heterocycles. The molecule has 0 bridgehead atoms. The Morgan fingerprint density at radius 2 is 1.90 bits per heavy atom. The van der Waals surface area contributed by atoms with Crippen molar-refractivity contribution in [2.24, 2.45) is 5.92 Å². The molecule has 1 aromatic carbocycles. The highest BCUT2D eigenvalue weighted by atomic mass is 79.9. The third-order valence-electron chi connectivity index (χ3n) is 3.84. The number of carboxylic acid groups (broad SMARTS) is 1. The molecule has 1 amide bonds. The number of benzene rings is 1. The van der Waals surface area contributed by atoms with Crippen LogP contribution in [0.1, 0.15) is 41.6 Å². The molecule has 20 heavy (non-hydrogen) atoms. The van der Waals surface area contributed by atoms with Crippen molar-refractivity contribution in [1.82, 2.24) is 5.32 Å². The van der Waals surface area contributed by atoms with Crippen molar-refractivity contribution < 1.29 is 14.7 Å². The van der Waals surface area contributed by atoms with E-state index >= 15 is 0 Å². The number of carbonyl (C=O) groups excluding carboxylic acids is 1. The van der Waals surface area contributed by atoms with E-state index in [4.69, 9.17) is 5.11 Å². The van der Waals surface area contributed by atoms with Crippen LogP contribution in [0.25, 0.3) is 0 Å². The summed E-state index contributed by atoms with van der Waals surface area (Å²) in [5, 5.41) is 12.0. The van der Waals surface area contributed by atoms with E-state index in [2.05, 4.69) is 21.2 Å². The summed E-state index contributed by atoms with van der Waals surface area (Å²) < 4.78 is 0.952. The third-order valence-corrected chi connectivity index (χ3v) is 4.34. The number of carbonyl (C=O) groups is 2. The molecule has 1 fully saturated rings. The van der Waals surface area contributed by atoms with Gasteiger partial charge in [0.15, 0.2) is 0 Å². The first-order chi connectivity index (χ1) is 9.47. The number of aliphatic carboxylic acids is 1. The lowest BCUT2D eigenvalue weighted by atomic mass is 9.86. The van der Waals surface area contributed by atoms with Crippen molar-refractivity contribution in [2.45, 2.75) is 38.6 Å². The SMILES string of the molecule is Cc1cc(Br)ccc1C(=O)NC1CCC(C(=O)O)CC1. The standard InChI is InChI=1S/C15H18BrNO3/c1-9-8-11(16)4-7-13(9)14(18)17-12-5-2-10(3-6-12)15(19)20/h4,7-8,10,12H,2-3,5-6H2,1H3,(H,17,18)(H,19,20). The summed E-state index contributed by atoms with van der Waals surface area (Å²) in [5.74, 6) is -1.05. The van der Waals surface area contributed by atoms with Crippen LogP contribution in [0.3, 0.4) is 0 Å². The van der Waals surface area contributed by atoms with E-state index in [1.165, 1.54) is 0 Å². The van der Waals surface area contributed by atoms with Crippen molar-refractivity contribution >= 4 is 27.8 Å². The number of nitrogens with one attached hydrogen (secondary N) is 1. The van der Waals surface area contributed by atoms with E-state index < -0.39 is 5.97 Å². The zero-order valence-corrected chi connectivity index (χ0v) is 12.9. The van der Waals surface area contributed by atoms with Gasteiger partial charge >= 0.3 is 5.97 Å². The van der Waals surface area contributed by atoms with Crippen molar-refractivity contribution in [1.29, 1.82) is 0 Å². The molecule has 1 aliphatic rings. The highest BCUT2D eigenvalue weighted by molar-refractivity contribution is 9.10. The average Bonchev–Trinajstić information content (AvgIpc) is 2.39. The Labute approximate surface area is 126 Å². The second-order valence-corrected chi connectivity index (χ2v) is 6.24. The van der Waals surface area contributed by atoms with Gasteiger partial charge in [-0.25, -0.2) is 0 Å². The molecule has 0 aliphatic heterocycles. The minimum absolute atomic E-state index is 0.0752. The van der Waals surface area contributed by atoms with Crippen molar-refractivity contribution in [3.8, 4) is 0 Å². The molecule has 5 heteroatoms. The summed E-state index contributed by atoms with van der Waals surface area (Å²) in [4.78, 5) is 23.1. The van der Waals surface area contributed by atoms with E-state index in [1.54, 1.807) is 6.07 Å². The Morgan fingerprint density at radius 1 is 1.25 bits per heavy atom. The Hall–Kier alpha value is -1.36. The van der Waals surface area contributed by atoms with Gasteiger partial charge in [0.05, 0.1) is 5.92 Å². The first-order valence-electron chi connectivity index (χ1n) is 6.77. The largest absolute Gasteiger partial charge is 0.481 e. The van der Waals surface area contributed by atoms with Crippen LogP contribution in [0.2, 0.25) is 0 Å². The van der Waals surface area contributed by atoms with Crippen LogP contribution < -0.4 is 5.32 Å². The number of rotatable bonds is 3. The summed E-state index contributed by atoms with van der Waals surface area (Å²) in [6, 6.07) is 5.65. The molecule has 2 rings (SSSR count). The third kappa shape index (κ3) is 3.60. The molecule has 2 N–H and O–H groups in total. The van der Waals surface area contributed by atoms with Gasteiger partial charge in [0.1, 0.15) is 0 Å². The van der Waals surface area contributed by atoms with Crippen molar-refractivity contribution in [3.05, 3.63) is 33.8 Å². The fourth-order valence-corrected chi connectivity index (χ4v) is 3.11. The van der Waals surface area contributed by atoms with Gasteiger partial charge in [-0.1, -0.05) is 15.9 Å². The van der Waals surface area contributed by atoms with Crippen molar-refractivity contribution in [3.63, 3.8) is 0 Å². The lowest BCUT2D eigenvalue weighted by molar-refractivity contribution is -0.142. The first kappa shape index (κ1) is 15.0. The minimum atomic E-state index is -0.724. The maximum absolute atomic E-state index is 12.2. The molecule has 1 saturated carbocycles.